The number of benzene rings is 2. The first-order chi connectivity index (χ1) is 13.0. The molecule has 0 fully saturated rings. The van der Waals surface area contributed by atoms with Crippen molar-refractivity contribution in [3.63, 3.8) is 0 Å². The van der Waals surface area contributed by atoms with E-state index in [0.29, 0.717) is 16.7 Å². The van der Waals surface area contributed by atoms with E-state index < -0.39 is 29.1 Å². The molecule has 0 aromatic heterocycles. The monoisotopic (exact) mass is 388 g/mol. The van der Waals surface area contributed by atoms with Crippen molar-refractivity contribution in [3.8, 4) is 5.75 Å². The predicted molar refractivity (Wildman–Crippen MR) is 99.7 cm³/mol. The van der Waals surface area contributed by atoms with Crippen molar-refractivity contribution in [2.45, 2.75) is 45.8 Å². The van der Waals surface area contributed by atoms with Crippen LogP contribution in [0.3, 0.4) is 0 Å². The van der Waals surface area contributed by atoms with Gasteiger partial charge in [-0.25, -0.2) is 8.78 Å². The van der Waals surface area contributed by atoms with Gasteiger partial charge in [0.05, 0.1) is 5.56 Å². The van der Waals surface area contributed by atoms with Crippen LogP contribution in [0.5, 0.6) is 5.75 Å². The summed E-state index contributed by atoms with van der Waals surface area (Å²) in [6.45, 7) is 7.00. The molecule has 2 N–H and O–H groups in total. The first-order valence-corrected chi connectivity index (χ1v) is 8.89. The molecule has 2 aromatic carbocycles. The third kappa shape index (κ3) is 3.56. The van der Waals surface area contributed by atoms with Crippen molar-refractivity contribution in [1.82, 2.24) is 10.2 Å². The summed E-state index contributed by atoms with van der Waals surface area (Å²) < 4.78 is 26.9. The Bertz CT molecular complexity index is 967. The number of aromatic hydroxyl groups is 1. The highest BCUT2D eigenvalue weighted by Gasteiger charge is 2.43. The molecule has 7 heteroatoms. The molecule has 0 saturated carbocycles. The molecule has 3 rings (SSSR count). The zero-order valence-corrected chi connectivity index (χ0v) is 16.1. The maximum absolute atomic E-state index is 13.6. The summed E-state index contributed by atoms with van der Waals surface area (Å²) in [4.78, 5) is 27.4. The van der Waals surface area contributed by atoms with Crippen molar-refractivity contribution in [2.75, 3.05) is 0 Å². The number of halogens is 2. The van der Waals surface area contributed by atoms with E-state index in [4.69, 9.17) is 0 Å². The van der Waals surface area contributed by atoms with Gasteiger partial charge in [0.2, 0.25) is 5.91 Å². The van der Waals surface area contributed by atoms with Gasteiger partial charge in [0.25, 0.3) is 5.91 Å². The molecule has 0 aliphatic carbocycles. The van der Waals surface area contributed by atoms with Crippen LogP contribution >= 0.6 is 0 Å². The summed E-state index contributed by atoms with van der Waals surface area (Å²) in [5.41, 5.74) is 0.947. The molecule has 1 aliphatic rings. The summed E-state index contributed by atoms with van der Waals surface area (Å²) in [5.74, 6) is -2.88. The molecule has 1 aliphatic heterocycles. The molecule has 1 unspecified atom stereocenters. The van der Waals surface area contributed by atoms with E-state index in [1.165, 1.54) is 17.0 Å². The molecule has 1 heterocycles. The van der Waals surface area contributed by atoms with Crippen molar-refractivity contribution in [1.29, 1.82) is 0 Å². The fourth-order valence-corrected chi connectivity index (χ4v) is 3.38. The van der Waals surface area contributed by atoms with Crippen molar-refractivity contribution < 1.29 is 23.5 Å². The van der Waals surface area contributed by atoms with Crippen molar-refractivity contribution >= 4 is 11.8 Å². The standard InChI is InChI=1S/C21H22F2N2O3/c1-11-16(26)8-6-13-17(11)20(28)25(18(13)19(27)24-21(2,3)4)10-12-5-7-14(22)15(23)9-12/h5-9,18,26H,10H2,1-4H3,(H,24,27). The molecule has 5 nitrogen and oxygen atoms in total. The van der Waals surface area contributed by atoms with E-state index in [9.17, 15) is 23.5 Å². The van der Waals surface area contributed by atoms with Crippen LogP contribution in [-0.4, -0.2) is 27.4 Å². The number of amides is 2. The Hall–Kier alpha value is -2.96. The van der Waals surface area contributed by atoms with Gasteiger partial charge in [-0.1, -0.05) is 12.1 Å². The molecule has 1 atom stereocenters. The molecular formula is C21H22F2N2O3. The number of rotatable bonds is 3. The van der Waals surface area contributed by atoms with Gasteiger partial charge in [0.15, 0.2) is 11.6 Å². The summed E-state index contributed by atoms with van der Waals surface area (Å²) >= 11 is 0. The van der Waals surface area contributed by atoms with Crippen LogP contribution in [-0.2, 0) is 11.3 Å². The van der Waals surface area contributed by atoms with Crippen LogP contribution in [0.25, 0.3) is 0 Å². The Morgan fingerprint density at radius 2 is 1.86 bits per heavy atom. The number of phenols is 1. The smallest absolute Gasteiger partial charge is 0.255 e. The van der Waals surface area contributed by atoms with Gasteiger partial charge in [-0.2, -0.15) is 0 Å². The number of nitrogens with zero attached hydrogens (tertiary/aromatic N) is 1. The summed E-state index contributed by atoms with van der Waals surface area (Å²) in [6, 6.07) is 5.42. The second-order valence-electron chi connectivity index (χ2n) is 8.00. The van der Waals surface area contributed by atoms with Crippen LogP contribution in [0.4, 0.5) is 8.78 Å². The highest BCUT2D eigenvalue weighted by Crippen LogP contribution is 2.39. The van der Waals surface area contributed by atoms with Gasteiger partial charge in [-0.15, -0.1) is 0 Å². The van der Waals surface area contributed by atoms with E-state index >= 15 is 0 Å². The van der Waals surface area contributed by atoms with Gasteiger partial charge in [-0.05, 0) is 57.0 Å². The SMILES string of the molecule is Cc1c(O)ccc2c1C(=O)N(Cc1ccc(F)c(F)c1)C2C(=O)NC(C)(C)C. The van der Waals surface area contributed by atoms with Gasteiger partial charge in [0.1, 0.15) is 11.8 Å². The number of carbonyl (C=O) groups is 2. The Labute approximate surface area is 162 Å². The third-order valence-corrected chi connectivity index (χ3v) is 4.63. The van der Waals surface area contributed by atoms with Crippen LogP contribution in [0, 0.1) is 18.6 Å². The lowest BCUT2D eigenvalue weighted by atomic mass is 9.98. The average Bonchev–Trinajstić information content (AvgIpc) is 2.86. The fourth-order valence-electron chi connectivity index (χ4n) is 3.38. The minimum atomic E-state index is -1.02. The summed E-state index contributed by atoms with van der Waals surface area (Å²) in [6.07, 6.45) is 0. The largest absolute Gasteiger partial charge is 0.508 e. The lowest BCUT2D eigenvalue weighted by Crippen LogP contribution is -2.46. The quantitative estimate of drug-likeness (QED) is 0.844. The molecule has 28 heavy (non-hydrogen) atoms. The molecule has 2 amide bonds. The number of hydrogen-bond acceptors (Lipinski definition) is 3. The van der Waals surface area contributed by atoms with Crippen molar-refractivity contribution in [2.24, 2.45) is 0 Å². The van der Waals surface area contributed by atoms with E-state index in [1.807, 2.05) is 20.8 Å². The second kappa shape index (κ2) is 6.89. The van der Waals surface area contributed by atoms with Crippen LogP contribution < -0.4 is 5.32 Å². The zero-order chi connectivity index (χ0) is 20.8. The predicted octanol–water partition coefficient (Wildman–Crippen LogP) is 3.59. The van der Waals surface area contributed by atoms with Gasteiger partial charge < -0.3 is 15.3 Å². The number of nitrogens with one attached hydrogen (secondary N) is 1. The highest BCUT2D eigenvalue weighted by atomic mass is 19.2. The van der Waals surface area contributed by atoms with Gasteiger partial charge >= 0.3 is 0 Å². The summed E-state index contributed by atoms with van der Waals surface area (Å²) in [7, 11) is 0. The maximum atomic E-state index is 13.6. The first-order valence-electron chi connectivity index (χ1n) is 8.89. The van der Waals surface area contributed by atoms with E-state index in [0.717, 1.165) is 12.1 Å². The number of hydrogen-bond donors (Lipinski definition) is 2. The average molecular weight is 388 g/mol. The molecule has 2 aromatic rings. The molecule has 0 saturated heterocycles. The van der Waals surface area contributed by atoms with Crippen LogP contribution in [0.15, 0.2) is 30.3 Å². The molecular weight excluding hydrogens is 366 g/mol. The number of carbonyl (C=O) groups excluding carboxylic acids is 2. The van der Waals surface area contributed by atoms with E-state index in [2.05, 4.69) is 5.32 Å². The first kappa shape index (κ1) is 19.8. The van der Waals surface area contributed by atoms with Crippen LogP contribution in [0.2, 0.25) is 0 Å². The molecule has 0 spiro atoms. The molecule has 0 bridgehead atoms. The van der Waals surface area contributed by atoms with Gasteiger partial charge in [0, 0.05) is 17.6 Å². The van der Waals surface area contributed by atoms with Gasteiger partial charge in [-0.3, -0.25) is 9.59 Å². The maximum Gasteiger partial charge on any atom is 0.255 e. The van der Waals surface area contributed by atoms with E-state index in [-0.39, 0.29) is 23.8 Å². The molecule has 148 valence electrons. The third-order valence-electron chi connectivity index (χ3n) is 4.63. The Kier molecular flexibility index (Phi) is 4.87. The Balaban J connectivity index is 2.05. The Morgan fingerprint density at radius 3 is 2.46 bits per heavy atom. The molecule has 0 radical (unpaired) electrons. The lowest BCUT2D eigenvalue weighted by molar-refractivity contribution is -0.127. The normalized spacial score (nSPS) is 16.3. The summed E-state index contributed by atoms with van der Waals surface area (Å²) in [5, 5.41) is 12.9. The Morgan fingerprint density at radius 1 is 1.18 bits per heavy atom. The fraction of sp³-hybridized carbons (Fsp3) is 0.333. The second-order valence-corrected chi connectivity index (χ2v) is 8.00. The number of fused-ring (bicyclic) bond motifs is 1. The minimum absolute atomic E-state index is 0.0447. The lowest BCUT2D eigenvalue weighted by Gasteiger charge is -2.29. The van der Waals surface area contributed by atoms with Crippen LogP contribution in [0.1, 0.15) is 53.9 Å². The van der Waals surface area contributed by atoms with Crippen molar-refractivity contribution in [3.05, 3.63) is 64.2 Å². The zero-order valence-electron chi connectivity index (χ0n) is 16.1. The highest BCUT2D eigenvalue weighted by molar-refractivity contribution is 6.06. The van der Waals surface area contributed by atoms with E-state index in [1.54, 1.807) is 13.0 Å². The topological polar surface area (TPSA) is 69.6 Å². The number of phenolic OH excluding ortho intramolecular Hbond substituents is 1. The minimum Gasteiger partial charge on any atom is -0.508 e.